The molecule has 3 aromatic rings. The van der Waals surface area contributed by atoms with E-state index in [1.54, 1.807) is 35.2 Å². The molecule has 1 atom stereocenters. The fourth-order valence-electron chi connectivity index (χ4n) is 4.69. The Morgan fingerprint density at radius 2 is 1.47 bits per heavy atom. The molecule has 0 N–H and O–H groups in total. The maximum atomic E-state index is 13.1. The van der Waals surface area contributed by atoms with E-state index in [1.165, 1.54) is 4.90 Å². The van der Waals surface area contributed by atoms with Crippen molar-refractivity contribution in [2.45, 2.75) is 18.9 Å². The second-order valence-corrected chi connectivity index (χ2v) is 8.99. The topological polar surface area (TPSA) is 66.9 Å². The summed E-state index contributed by atoms with van der Waals surface area (Å²) < 4.78 is 6.19. The van der Waals surface area contributed by atoms with E-state index in [0.29, 0.717) is 34.8 Å². The Labute approximate surface area is 202 Å². The number of carbonyl (C=O) groups is 3. The molecule has 34 heavy (non-hydrogen) atoms. The van der Waals surface area contributed by atoms with Gasteiger partial charge in [0.25, 0.3) is 17.7 Å². The summed E-state index contributed by atoms with van der Waals surface area (Å²) >= 11 is 6.35. The molecule has 172 valence electrons. The quantitative estimate of drug-likeness (QED) is 0.505. The zero-order chi connectivity index (χ0) is 23.9. The van der Waals surface area contributed by atoms with E-state index < -0.39 is 5.60 Å². The summed E-state index contributed by atoms with van der Waals surface area (Å²) in [7, 11) is 0. The highest BCUT2D eigenvalue weighted by molar-refractivity contribution is 6.30. The molecule has 0 saturated carbocycles. The SMILES string of the molecule is CC1(c2ccccc2)OCC(=O)N(CCCN2C(=O)c3ccccc3C2=O)c2ccc(Cl)cc21. The van der Waals surface area contributed by atoms with Gasteiger partial charge in [-0.2, -0.15) is 0 Å². The zero-order valence-corrected chi connectivity index (χ0v) is 19.4. The van der Waals surface area contributed by atoms with Crippen molar-refractivity contribution in [1.82, 2.24) is 4.90 Å². The second-order valence-electron chi connectivity index (χ2n) is 8.56. The summed E-state index contributed by atoms with van der Waals surface area (Å²) in [4.78, 5) is 41.4. The van der Waals surface area contributed by atoms with Crippen molar-refractivity contribution in [2.24, 2.45) is 0 Å². The van der Waals surface area contributed by atoms with Crippen LogP contribution in [0.2, 0.25) is 5.02 Å². The molecular weight excluding hydrogens is 452 g/mol. The van der Waals surface area contributed by atoms with Crippen LogP contribution in [0.15, 0.2) is 72.8 Å². The number of hydrogen-bond donors (Lipinski definition) is 0. The predicted octanol–water partition coefficient (Wildman–Crippen LogP) is 4.65. The first kappa shape index (κ1) is 22.3. The van der Waals surface area contributed by atoms with Crippen LogP contribution < -0.4 is 4.90 Å². The molecule has 3 amide bonds. The number of benzene rings is 3. The Balaban J connectivity index is 1.41. The third kappa shape index (κ3) is 3.69. The van der Waals surface area contributed by atoms with Crippen LogP contribution in [0, 0.1) is 0 Å². The van der Waals surface area contributed by atoms with Crippen molar-refractivity contribution in [2.75, 3.05) is 24.6 Å². The van der Waals surface area contributed by atoms with Crippen LogP contribution in [0.5, 0.6) is 0 Å². The number of carbonyl (C=O) groups excluding carboxylic acids is 3. The van der Waals surface area contributed by atoms with Crippen LogP contribution >= 0.6 is 11.6 Å². The van der Waals surface area contributed by atoms with Crippen molar-refractivity contribution in [1.29, 1.82) is 0 Å². The lowest BCUT2D eigenvalue weighted by Gasteiger charge is -2.31. The number of rotatable bonds is 5. The summed E-state index contributed by atoms with van der Waals surface area (Å²) in [6.07, 6.45) is 0.432. The first-order chi connectivity index (χ1) is 16.4. The standard InChI is InChI=1S/C27H23ClN2O4/c1-27(18-8-3-2-4-9-18)22-16-19(28)12-13-23(22)29(24(31)17-34-27)14-7-15-30-25(32)20-10-5-6-11-21(20)26(30)33/h2-6,8-13,16H,7,14-15,17H2,1H3. The molecule has 2 heterocycles. The largest absolute Gasteiger partial charge is 0.356 e. The number of imide groups is 1. The highest BCUT2D eigenvalue weighted by atomic mass is 35.5. The van der Waals surface area contributed by atoms with Gasteiger partial charge >= 0.3 is 0 Å². The van der Waals surface area contributed by atoms with Gasteiger partial charge in [-0.25, -0.2) is 0 Å². The molecule has 2 aliphatic heterocycles. The Kier molecular flexibility index (Phi) is 5.71. The van der Waals surface area contributed by atoms with Crippen molar-refractivity contribution in [3.8, 4) is 0 Å². The van der Waals surface area contributed by atoms with Gasteiger partial charge in [0.15, 0.2) is 0 Å². The van der Waals surface area contributed by atoms with Crippen LogP contribution in [0.4, 0.5) is 5.69 Å². The lowest BCUT2D eigenvalue weighted by atomic mass is 9.86. The van der Waals surface area contributed by atoms with Gasteiger partial charge < -0.3 is 9.64 Å². The number of halogens is 1. The molecular formula is C27H23ClN2O4. The molecule has 2 aliphatic rings. The van der Waals surface area contributed by atoms with Crippen molar-refractivity contribution < 1.29 is 19.1 Å². The summed E-state index contributed by atoms with van der Waals surface area (Å²) in [5.74, 6) is -0.782. The van der Waals surface area contributed by atoms with Crippen molar-refractivity contribution in [3.63, 3.8) is 0 Å². The number of amides is 3. The van der Waals surface area contributed by atoms with Gasteiger partial charge in [-0.05, 0) is 49.2 Å². The van der Waals surface area contributed by atoms with Gasteiger partial charge in [-0.3, -0.25) is 19.3 Å². The Hall–Kier alpha value is -3.48. The molecule has 0 saturated heterocycles. The highest BCUT2D eigenvalue weighted by Gasteiger charge is 2.39. The third-order valence-electron chi connectivity index (χ3n) is 6.52. The summed E-state index contributed by atoms with van der Waals surface area (Å²) in [6.45, 7) is 2.38. The first-order valence-electron chi connectivity index (χ1n) is 11.2. The van der Waals surface area contributed by atoms with Crippen molar-refractivity contribution in [3.05, 3.63) is 100 Å². The molecule has 0 aliphatic carbocycles. The van der Waals surface area contributed by atoms with Crippen LogP contribution in [0.3, 0.4) is 0 Å². The minimum atomic E-state index is -0.867. The van der Waals surface area contributed by atoms with Gasteiger partial charge in [0.1, 0.15) is 12.2 Å². The summed E-state index contributed by atoms with van der Waals surface area (Å²) in [5, 5.41) is 0.546. The normalized spacial score (nSPS) is 19.8. The van der Waals surface area contributed by atoms with Crippen LogP contribution in [0.25, 0.3) is 0 Å². The number of ether oxygens (including phenoxy) is 1. The molecule has 0 radical (unpaired) electrons. The lowest BCUT2D eigenvalue weighted by molar-refractivity contribution is -0.126. The van der Waals surface area contributed by atoms with Gasteiger partial charge in [0, 0.05) is 23.7 Å². The fourth-order valence-corrected chi connectivity index (χ4v) is 4.86. The molecule has 0 aromatic heterocycles. The Morgan fingerprint density at radius 3 is 2.15 bits per heavy atom. The van der Waals surface area contributed by atoms with E-state index in [0.717, 1.165) is 11.1 Å². The van der Waals surface area contributed by atoms with E-state index in [2.05, 4.69) is 0 Å². The number of hydrogen-bond acceptors (Lipinski definition) is 4. The van der Waals surface area contributed by atoms with Crippen LogP contribution in [-0.2, 0) is 15.1 Å². The summed E-state index contributed by atoms with van der Waals surface area (Å²) in [6, 6.07) is 21.9. The number of anilines is 1. The predicted molar refractivity (Wildman–Crippen MR) is 129 cm³/mol. The fraction of sp³-hybridized carbons (Fsp3) is 0.222. The highest BCUT2D eigenvalue weighted by Crippen LogP contribution is 2.42. The Bertz CT molecular complexity index is 1260. The van der Waals surface area contributed by atoms with E-state index in [4.69, 9.17) is 16.3 Å². The minimum absolute atomic E-state index is 0.106. The molecule has 0 bridgehead atoms. The molecule has 6 nitrogen and oxygen atoms in total. The first-order valence-corrected chi connectivity index (χ1v) is 11.5. The van der Waals surface area contributed by atoms with E-state index >= 15 is 0 Å². The van der Waals surface area contributed by atoms with Gasteiger partial charge in [-0.1, -0.05) is 54.1 Å². The van der Waals surface area contributed by atoms with Gasteiger partial charge in [0.2, 0.25) is 0 Å². The number of fused-ring (bicyclic) bond motifs is 2. The maximum absolute atomic E-state index is 13.1. The Morgan fingerprint density at radius 1 is 0.853 bits per heavy atom. The number of nitrogens with zero attached hydrogens (tertiary/aromatic N) is 2. The molecule has 0 spiro atoms. The summed E-state index contributed by atoms with van der Waals surface area (Å²) in [5.41, 5.74) is 2.39. The zero-order valence-electron chi connectivity index (χ0n) is 18.7. The van der Waals surface area contributed by atoms with Crippen LogP contribution in [0.1, 0.15) is 45.2 Å². The average Bonchev–Trinajstić information content (AvgIpc) is 3.04. The minimum Gasteiger partial charge on any atom is -0.356 e. The molecule has 1 unspecified atom stereocenters. The molecule has 5 rings (SSSR count). The van der Waals surface area contributed by atoms with Gasteiger partial charge in [0.05, 0.1) is 16.8 Å². The lowest BCUT2D eigenvalue weighted by Crippen LogP contribution is -2.37. The molecule has 7 heteroatoms. The average molecular weight is 475 g/mol. The second kappa shape index (κ2) is 8.70. The monoisotopic (exact) mass is 474 g/mol. The third-order valence-corrected chi connectivity index (χ3v) is 6.75. The van der Waals surface area contributed by atoms with E-state index in [9.17, 15) is 14.4 Å². The molecule has 0 fully saturated rings. The van der Waals surface area contributed by atoms with Gasteiger partial charge in [-0.15, -0.1) is 0 Å². The van der Waals surface area contributed by atoms with Crippen LogP contribution in [-0.4, -0.2) is 42.3 Å². The molecule has 3 aromatic carbocycles. The van der Waals surface area contributed by atoms with E-state index in [-0.39, 0.29) is 30.9 Å². The van der Waals surface area contributed by atoms with E-state index in [1.807, 2.05) is 49.4 Å². The smallest absolute Gasteiger partial charge is 0.261 e. The maximum Gasteiger partial charge on any atom is 0.261 e. The van der Waals surface area contributed by atoms with Crippen molar-refractivity contribution >= 4 is 35.0 Å².